The van der Waals surface area contributed by atoms with Crippen molar-refractivity contribution in [3.8, 4) is 0 Å². The highest BCUT2D eigenvalue weighted by Gasteiger charge is 2.77. The summed E-state index contributed by atoms with van der Waals surface area (Å²) < 4.78 is 16.7. The standard InChI is InChI=1S/C29H30BrN3O2/c1-16(12-18-7-8-20-14-22(30)17(2)32-23(20)13-18)29-15-21(29)24(25-26(29)35-28(3,4)34-25)33-11-9-19-6-5-10-31-27(19)33/h5-11,13-14,16,21,24-26H,12,15H2,1-4H3/t16?,21-,24-,25+,26+,29+/m1/s1. The molecule has 1 unspecified atom stereocenters. The minimum atomic E-state index is -0.567. The molecule has 7 rings (SSSR count). The third-order valence-corrected chi connectivity index (χ3v) is 9.58. The van der Waals surface area contributed by atoms with Gasteiger partial charge >= 0.3 is 0 Å². The van der Waals surface area contributed by atoms with E-state index in [0.717, 1.165) is 27.8 Å². The fraction of sp³-hybridized carbons (Fsp3) is 0.448. The molecule has 2 saturated carbocycles. The maximum atomic E-state index is 6.65. The highest BCUT2D eigenvalue weighted by molar-refractivity contribution is 9.10. The largest absolute Gasteiger partial charge is 0.344 e. The third kappa shape index (κ3) is 3.19. The van der Waals surface area contributed by atoms with Crippen LogP contribution in [0.1, 0.15) is 44.5 Å². The second kappa shape index (κ2) is 7.37. The lowest BCUT2D eigenvalue weighted by atomic mass is 9.81. The van der Waals surface area contributed by atoms with Crippen LogP contribution in [0.5, 0.6) is 0 Å². The average Bonchev–Trinajstić information content (AvgIpc) is 3.13. The van der Waals surface area contributed by atoms with Gasteiger partial charge in [0.25, 0.3) is 0 Å². The van der Waals surface area contributed by atoms with Crippen LogP contribution in [0.3, 0.4) is 0 Å². The Morgan fingerprint density at radius 3 is 2.86 bits per heavy atom. The van der Waals surface area contributed by atoms with Gasteiger partial charge in [0.15, 0.2) is 5.79 Å². The lowest BCUT2D eigenvalue weighted by Crippen LogP contribution is -2.35. The molecule has 2 aliphatic carbocycles. The molecular formula is C29H30BrN3O2. The number of nitrogens with zero attached hydrogens (tertiary/aromatic N) is 3. The van der Waals surface area contributed by atoms with Crippen molar-refractivity contribution in [3.63, 3.8) is 0 Å². The lowest BCUT2D eigenvalue weighted by molar-refractivity contribution is -0.163. The molecule has 0 bridgehead atoms. The van der Waals surface area contributed by atoms with Crippen LogP contribution >= 0.6 is 15.9 Å². The van der Waals surface area contributed by atoms with Crippen LogP contribution in [-0.4, -0.2) is 32.5 Å². The van der Waals surface area contributed by atoms with Crippen molar-refractivity contribution in [1.29, 1.82) is 0 Å². The van der Waals surface area contributed by atoms with E-state index < -0.39 is 5.79 Å². The number of aromatic nitrogens is 3. The van der Waals surface area contributed by atoms with Crippen molar-refractivity contribution >= 4 is 37.9 Å². The first-order valence-corrected chi connectivity index (χ1v) is 13.4. The van der Waals surface area contributed by atoms with E-state index in [1.165, 1.54) is 22.8 Å². The zero-order chi connectivity index (χ0) is 24.1. The van der Waals surface area contributed by atoms with Gasteiger partial charge in [-0.05, 0) is 97.3 Å². The average molecular weight is 532 g/mol. The number of hydrogen-bond donors (Lipinski definition) is 0. The summed E-state index contributed by atoms with van der Waals surface area (Å²) in [6, 6.07) is 15.5. The SMILES string of the molecule is Cc1nc2cc(CC(C)[C@@]34C[C@@H]3[C@@H](n3ccc5cccnc53)[C@@H]3OC(C)(C)O[C@@H]34)ccc2cc1Br. The predicted molar refractivity (Wildman–Crippen MR) is 140 cm³/mol. The summed E-state index contributed by atoms with van der Waals surface area (Å²) >= 11 is 3.61. The van der Waals surface area contributed by atoms with E-state index >= 15 is 0 Å². The van der Waals surface area contributed by atoms with Crippen LogP contribution in [0.4, 0.5) is 0 Å². The van der Waals surface area contributed by atoms with Gasteiger partial charge in [-0.25, -0.2) is 4.98 Å². The van der Waals surface area contributed by atoms with Gasteiger partial charge in [-0.3, -0.25) is 4.98 Å². The van der Waals surface area contributed by atoms with Gasteiger partial charge in [-0.15, -0.1) is 0 Å². The topological polar surface area (TPSA) is 49.2 Å². The van der Waals surface area contributed by atoms with E-state index in [1.54, 1.807) is 0 Å². The van der Waals surface area contributed by atoms with Crippen LogP contribution in [0, 0.1) is 24.2 Å². The summed E-state index contributed by atoms with van der Waals surface area (Å²) in [7, 11) is 0. The van der Waals surface area contributed by atoms with Crippen LogP contribution in [0.25, 0.3) is 21.9 Å². The van der Waals surface area contributed by atoms with Crippen molar-refractivity contribution in [2.75, 3.05) is 0 Å². The molecule has 4 aromatic rings. The fourth-order valence-corrected chi connectivity index (χ4v) is 7.49. The van der Waals surface area contributed by atoms with Crippen molar-refractivity contribution < 1.29 is 9.47 Å². The Morgan fingerprint density at radius 2 is 2.00 bits per heavy atom. The molecule has 3 aromatic heterocycles. The molecule has 6 atom stereocenters. The molecular weight excluding hydrogens is 502 g/mol. The maximum Gasteiger partial charge on any atom is 0.163 e. The molecule has 3 aliphatic rings. The molecule has 1 saturated heterocycles. The van der Waals surface area contributed by atoms with Gasteiger partial charge in [0.05, 0.1) is 23.4 Å². The molecule has 0 spiro atoms. The van der Waals surface area contributed by atoms with Gasteiger partial charge in [0.2, 0.25) is 0 Å². The Bertz CT molecular complexity index is 1480. The van der Waals surface area contributed by atoms with Crippen molar-refractivity contribution in [2.45, 2.75) is 64.6 Å². The van der Waals surface area contributed by atoms with Crippen LogP contribution in [0.15, 0.2) is 59.3 Å². The quantitative estimate of drug-likeness (QED) is 0.297. The Balaban J connectivity index is 1.24. The lowest BCUT2D eigenvalue weighted by Gasteiger charge is -2.29. The van der Waals surface area contributed by atoms with E-state index in [-0.39, 0.29) is 23.7 Å². The van der Waals surface area contributed by atoms with E-state index in [0.29, 0.717) is 11.8 Å². The number of rotatable bonds is 4. The van der Waals surface area contributed by atoms with E-state index in [9.17, 15) is 0 Å². The number of hydrogen-bond acceptors (Lipinski definition) is 4. The first-order chi connectivity index (χ1) is 16.8. The molecule has 1 aliphatic heterocycles. The third-order valence-electron chi connectivity index (χ3n) is 8.78. The number of pyridine rings is 2. The minimum Gasteiger partial charge on any atom is -0.344 e. The highest BCUT2D eigenvalue weighted by atomic mass is 79.9. The molecule has 1 aromatic carbocycles. The van der Waals surface area contributed by atoms with Crippen LogP contribution in [0.2, 0.25) is 0 Å². The highest BCUT2D eigenvalue weighted by Crippen LogP contribution is 2.74. The number of fused-ring (bicyclic) bond motifs is 5. The van der Waals surface area contributed by atoms with Gasteiger partial charge in [-0.1, -0.05) is 19.1 Å². The molecule has 0 radical (unpaired) electrons. The Labute approximate surface area is 214 Å². The summed E-state index contributed by atoms with van der Waals surface area (Å²) in [4.78, 5) is 9.54. The van der Waals surface area contributed by atoms with Gasteiger partial charge in [0, 0.05) is 33.1 Å². The summed E-state index contributed by atoms with van der Waals surface area (Å²) in [5.41, 5.74) is 4.59. The summed E-state index contributed by atoms with van der Waals surface area (Å²) in [5.74, 6) is 0.423. The fourth-order valence-electron chi connectivity index (χ4n) is 7.15. The van der Waals surface area contributed by atoms with E-state index in [1.807, 2.05) is 19.2 Å². The first kappa shape index (κ1) is 22.0. The minimum absolute atomic E-state index is 0.0436. The normalized spacial score (nSPS) is 31.6. The molecule has 180 valence electrons. The van der Waals surface area contributed by atoms with Gasteiger partial charge < -0.3 is 14.0 Å². The maximum absolute atomic E-state index is 6.65. The number of ether oxygens (including phenoxy) is 2. The van der Waals surface area contributed by atoms with Gasteiger partial charge in [-0.2, -0.15) is 0 Å². The molecule has 6 heteroatoms. The molecule has 5 nitrogen and oxygen atoms in total. The van der Waals surface area contributed by atoms with E-state index in [2.05, 4.69) is 83.9 Å². The first-order valence-electron chi connectivity index (χ1n) is 12.6. The number of aryl methyl sites for hydroxylation is 1. The van der Waals surface area contributed by atoms with Crippen LogP contribution in [-0.2, 0) is 15.9 Å². The molecule has 35 heavy (non-hydrogen) atoms. The molecule has 0 N–H and O–H groups in total. The van der Waals surface area contributed by atoms with Gasteiger partial charge in [0.1, 0.15) is 11.8 Å². The predicted octanol–water partition coefficient (Wildman–Crippen LogP) is 6.62. The number of benzene rings is 1. The smallest absolute Gasteiger partial charge is 0.163 e. The molecule has 4 heterocycles. The summed E-state index contributed by atoms with van der Waals surface area (Å²) in [5, 5.41) is 2.35. The van der Waals surface area contributed by atoms with Crippen molar-refractivity contribution in [1.82, 2.24) is 14.5 Å². The Kier molecular flexibility index (Phi) is 4.63. The monoisotopic (exact) mass is 531 g/mol. The molecule has 3 fully saturated rings. The van der Waals surface area contributed by atoms with E-state index in [4.69, 9.17) is 19.4 Å². The zero-order valence-corrected chi connectivity index (χ0v) is 22.1. The Hall–Kier alpha value is -2.28. The van der Waals surface area contributed by atoms with Crippen LogP contribution < -0.4 is 0 Å². The zero-order valence-electron chi connectivity index (χ0n) is 20.5. The molecule has 0 amide bonds. The second-order valence-electron chi connectivity index (χ2n) is 11.3. The Morgan fingerprint density at radius 1 is 1.14 bits per heavy atom. The summed E-state index contributed by atoms with van der Waals surface area (Å²) in [6.45, 7) is 8.56. The number of halogens is 1. The summed E-state index contributed by atoms with van der Waals surface area (Å²) in [6.07, 6.45) is 6.40. The van der Waals surface area contributed by atoms with Crippen molar-refractivity contribution in [2.24, 2.45) is 17.3 Å². The van der Waals surface area contributed by atoms with Crippen molar-refractivity contribution in [3.05, 3.63) is 70.6 Å². The second-order valence-corrected chi connectivity index (χ2v) is 12.1.